The molecule has 12 nitrogen and oxygen atoms in total. The summed E-state index contributed by atoms with van der Waals surface area (Å²) in [6.45, 7) is 13.1. The third-order valence-electron chi connectivity index (χ3n) is 10.0. The minimum atomic E-state index is -1.04. The second-order valence-electron chi connectivity index (χ2n) is 14.8. The van der Waals surface area contributed by atoms with Gasteiger partial charge in [-0.1, -0.05) is 100 Å². The lowest BCUT2D eigenvalue weighted by atomic mass is 10.0. The van der Waals surface area contributed by atoms with Crippen molar-refractivity contribution in [3.8, 4) is 11.5 Å². The van der Waals surface area contributed by atoms with Gasteiger partial charge in [0.2, 0.25) is 0 Å². The van der Waals surface area contributed by atoms with Crippen LogP contribution >= 0.6 is 0 Å². The quantitative estimate of drug-likeness (QED) is 0.0790. The number of benzene rings is 4. The number of aromatic carboxylic acids is 2. The van der Waals surface area contributed by atoms with Crippen LogP contribution in [0.4, 0.5) is 22.7 Å². The molecule has 0 fully saturated rings. The maximum absolute atomic E-state index is 12.5. The number of rotatable bonds is 18. The van der Waals surface area contributed by atoms with Gasteiger partial charge < -0.3 is 29.5 Å². The lowest BCUT2D eigenvalue weighted by molar-refractivity contribution is 0.0686. The molecular formula is C50H52N4O8. The molecule has 0 unspecified atom stereocenters. The molecule has 320 valence electrons. The Hall–Kier alpha value is -7.34. The Kier molecular flexibility index (Phi) is 16.1. The average molecular weight is 837 g/mol. The first-order valence-corrected chi connectivity index (χ1v) is 20.4. The van der Waals surface area contributed by atoms with Gasteiger partial charge in [0.1, 0.15) is 22.6 Å². The van der Waals surface area contributed by atoms with Crippen molar-refractivity contribution < 1.29 is 38.9 Å². The summed E-state index contributed by atoms with van der Waals surface area (Å²) in [5.41, 5.74) is 6.07. The minimum absolute atomic E-state index is 0.0745. The first kappa shape index (κ1) is 45.7. The Morgan fingerprint density at radius 2 is 0.919 bits per heavy atom. The van der Waals surface area contributed by atoms with Gasteiger partial charge in [0.15, 0.2) is 24.8 Å². The van der Waals surface area contributed by atoms with Gasteiger partial charge in [0.05, 0.1) is 11.4 Å². The normalized spacial score (nSPS) is 10.7. The zero-order chi connectivity index (χ0) is 44.8. The molecule has 0 amide bonds. The van der Waals surface area contributed by atoms with E-state index in [2.05, 4.69) is 37.7 Å². The van der Waals surface area contributed by atoms with Gasteiger partial charge in [-0.2, -0.15) is 0 Å². The summed E-state index contributed by atoms with van der Waals surface area (Å²) < 4.78 is 11.9. The van der Waals surface area contributed by atoms with Crippen molar-refractivity contribution in [2.45, 2.75) is 53.4 Å². The molecule has 0 spiro atoms. The molecule has 0 saturated carbocycles. The number of carbonyl (C=O) groups excluding carboxylic acids is 2. The summed E-state index contributed by atoms with van der Waals surface area (Å²) in [6, 6.07) is 33.0. The fraction of sp³-hybridized carbons (Fsp3) is 0.240. The molecule has 4 aromatic carbocycles. The van der Waals surface area contributed by atoms with Gasteiger partial charge in [0, 0.05) is 72.5 Å². The number of aromatic nitrogens is 2. The Balaban J connectivity index is 0.000000234. The van der Waals surface area contributed by atoms with Crippen molar-refractivity contribution in [1.29, 1.82) is 0 Å². The number of nitrogens with zero attached hydrogens (tertiary/aromatic N) is 4. The van der Waals surface area contributed by atoms with Gasteiger partial charge in [-0.05, 0) is 61.1 Å². The average Bonchev–Trinajstić information content (AvgIpc) is 3.28. The smallest absolute Gasteiger partial charge is 0.339 e. The van der Waals surface area contributed by atoms with Gasteiger partial charge in [-0.3, -0.25) is 19.6 Å². The molecule has 0 radical (unpaired) electrons. The van der Waals surface area contributed by atoms with Crippen molar-refractivity contribution in [1.82, 2.24) is 9.97 Å². The van der Waals surface area contributed by atoms with Gasteiger partial charge in [0.25, 0.3) is 0 Å². The van der Waals surface area contributed by atoms with Crippen molar-refractivity contribution in [3.63, 3.8) is 0 Å². The summed E-state index contributed by atoms with van der Waals surface area (Å²) >= 11 is 0. The summed E-state index contributed by atoms with van der Waals surface area (Å²) in [4.78, 5) is 60.0. The topological polar surface area (TPSA) is 159 Å². The largest absolute Gasteiger partial charge is 0.485 e. The number of anilines is 4. The SMILES string of the molecule is CCN(c1ccc(C(C)C)c(OCC(=O)c2ccccc2)c1)c1ccncc1C(=O)O.CCN(c1ccc(C(C)C)c(OCC(=O)c2ccccc2)c1)c1ccncc1C(=O)O. The van der Waals surface area contributed by atoms with Crippen LogP contribution in [0.3, 0.4) is 0 Å². The van der Waals surface area contributed by atoms with E-state index >= 15 is 0 Å². The Labute approximate surface area is 362 Å². The van der Waals surface area contributed by atoms with Crippen LogP contribution in [0.5, 0.6) is 11.5 Å². The number of Topliss-reactive ketones (excluding diaryl/α,β-unsaturated/α-hetero) is 2. The van der Waals surface area contributed by atoms with Gasteiger partial charge in [-0.15, -0.1) is 0 Å². The number of pyridine rings is 2. The number of ether oxygens (including phenoxy) is 2. The lowest BCUT2D eigenvalue weighted by Gasteiger charge is -2.26. The molecular weight excluding hydrogens is 785 g/mol. The predicted octanol–water partition coefficient (Wildman–Crippen LogP) is 10.6. The van der Waals surface area contributed by atoms with Gasteiger partial charge in [-0.25, -0.2) is 9.59 Å². The van der Waals surface area contributed by atoms with E-state index in [9.17, 15) is 29.4 Å². The number of carbonyl (C=O) groups is 4. The molecule has 0 atom stereocenters. The summed E-state index contributed by atoms with van der Waals surface area (Å²) in [5.74, 6) is -0.661. The summed E-state index contributed by atoms with van der Waals surface area (Å²) in [7, 11) is 0. The Bertz CT molecular complexity index is 2300. The fourth-order valence-corrected chi connectivity index (χ4v) is 6.85. The van der Waals surface area contributed by atoms with Crippen LogP contribution in [0, 0.1) is 0 Å². The molecule has 6 rings (SSSR count). The molecule has 62 heavy (non-hydrogen) atoms. The second kappa shape index (κ2) is 21.8. The first-order valence-electron chi connectivity index (χ1n) is 20.4. The molecule has 0 aliphatic carbocycles. The molecule has 0 aliphatic heterocycles. The fourth-order valence-electron chi connectivity index (χ4n) is 6.85. The molecule has 12 heteroatoms. The zero-order valence-corrected chi connectivity index (χ0v) is 35.8. The Morgan fingerprint density at radius 3 is 1.24 bits per heavy atom. The van der Waals surface area contributed by atoms with E-state index in [-0.39, 0.29) is 47.7 Å². The maximum atomic E-state index is 12.5. The third-order valence-corrected chi connectivity index (χ3v) is 10.0. The van der Waals surface area contributed by atoms with E-state index in [1.807, 2.05) is 96.4 Å². The number of hydrogen-bond acceptors (Lipinski definition) is 10. The van der Waals surface area contributed by atoms with E-state index in [4.69, 9.17) is 9.47 Å². The highest BCUT2D eigenvalue weighted by Gasteiger charge is 2.21. The number of carboxylic acids is 2. The maximum Gasteiger partial charge on any atom is 0.339 e. The van der Waals surface area contributed by atoms with Crippen molar-refractivity contribution >= 4 is 46.3 Å². The van der Waals surface area contributed by atoms with Crippen LogP contribution in [-0.4, -0.2) is 70.0 Å². The van der Waals surface area contributed by atoms with Crippen LogP contribution in [0.2, 0.25) is 0 Å². The summed E-state index contributed by atoms with van der Waals surface area (Å²) in [6.07, 6.45) is 5.84. The molecule has 2 N–H and O–H groups in total. The number of ketones is 2. The van der Waals surface area contributed by atoms with Crippen LogP contribution in [0.1, 0.15) is 106 Å². The number of carboxylic acid groups (broad SMARTS) is 2. The van der Waals surface area contributed by atoms with Crippen molar-refractivity contribution in [2.75, 3.05) is 36.1 Å². The molecule has 0 bridgehead atoms. The first-order chi connectivity index (χ1) is 29.8. The highest BCUT2D eigenvalue weighted by molar-refractivity contribution is 5.98. The third kappa shape index (κ3) is 11.5. The van der Waals surface area contributed by atoms with Crippen molar-refractivity contribution in [2.24, 2.45) is 0 Å². The zero-order valence-electron chi connectivity index (χ0n) is 35.8. The monoisotopic (exact) mass is 836 g/mol. The van der Waals surface area contributed by atoms with E-state index in [1.165, 1.54) is 12.4 Å². The molecule has 2 aromatic heterocycles. The van der Waals surface area contributed by atoms with Crippen LogP contribution < -0.4 is 19.3 Å². The van der Waals surface area contributed by atoms with Crippen molar-refractivity contribution in [3.05, 3.63) is 167 Å². The summed E-state index contributed by atoms with van der Waals surface area (Å²) in [5, 5.41) is 19.1. The standard InChI is InChI=1S/2C25H26N2O4/c2*1-4-27(22-12-13-26-15-21(22)25(29)30)19-10-11-20(17(2)3)24(14-19)31-16-23(28)18-8-6-5-7-9-18/h2*5-15,17H,4,16H2,1-3H3,(H,29,30). The van der Waals surface area contributed by atoms with E-state index in [0.717, 1.165) is 22.5 Å². The molecule has 0 saturated heterocycles. The minimum Gasteiger partial charge on any atom is -0.485 e. The second-order valence-corrected chi connectivity index (χ2v) is 14.8. The predicted molar refractivity (Wildman–Crippen MR) is 241 cm³/mol. The van der Waals surface area contributed by atoms with Gasteiger partial charge >= 0.3 is 11.9 Å². The molecule has 0 aliphatic rings. The molecule has 2 heterocycles. The van der Waals surface area contributed by atoms with Crippen LogP contribution in [-0.2, 0) is 0 Å². The van der Waals surface area contributed by atoms with Crippen LogP contribution in [0.25, 0.3) is 0 Å². The highest BCUT2D eigenvalue weighted by atomic mass is 16.5. The Morgan fingerprint density at radius 1 is 0.548 bits per heavy atom. The molecule has 6 aromatic rings. The lowest BCUT2D eigenvalue weighted by Crippen LogP contribution is -2.20. The number of hydrogen-bond donors (Lipinski definition) is 2. The van der Waals surface area contributed by atoms with E-state index in [0.29, 0.717) is 47.1 Å². The van der Waals surface area contributed by atoms with E-state index in [1.54, 1.807) is 48.8 Å². The highest BCUT2D eigenvalue weighted by Crippen LogP contribution is 2.37. The van der Waals surface area contributed by atoms with E-state index < -0.39 is 11.9 Å². The van der Waals surface area contributed by atoms with Crippen LogP contribution in [0.15, 0.2) is 134 Å².